The Kier molecular flexibility index (Phi) is 7.83. The van der Waals surface area contributed by atoms with Crippen LogP contribution in [0.3, 0.4) is 0 Å². The highest BCUT2D eigenvalue weighted by molar-refractivity contribution is 6.35. The van der Waals surface area contributed by atoms with Crippen LogP contribution < -0.4 is 22.5 Å². The van der Waals surface area contributed by atoms with Crippen LogP contribution in [-0.2, 0) is 13.1 Å². The first-order chi connectivity index (χ1) is 9.70. The summed E-state index contributed by atoms with van der Waals surface area (Å²) in [5.74, 6) is 0.692. The molecule has 2 rings (SSSR count). The van der Waals surface area contributed by atoms with Crippen molar-refractivity contribution in [1.29, 1.82) is 0 Å². The van der Waals surface area contributed by atoms with Crippen LogP contribution in [0.1, 0.15) is 18.1 Å². The van der Waals surface area contributed by atoms with E-state index in [1.807, 2.05) is 31.3 Å². The molecule has 1 aromatic heterocycles. The molecule has 0 fully saturated rings. The van der Waals surface area contributed by atoms with Gasteiger partial charge < -0.3 is 22.5 Å². The zero-order valence-electron chi connectivity index (χ0n) is 11.6. The van der Waals surface area contributed by atoms with E-state index in [9.17, 15) is 0 Å². The second-order valence-corrected chi connectivity index (χ2v) is 5.12. The summed E-state index contributed by atoms with van der Waals surface area (Å²) in [5.41, 5.74) is 2.08. The summed E-state index contributed by atoms with van der Waals surface area (Å²) in [4.78, 5) is 4.08. The van der Waals surface area contributed by atoms with E-state index in [0.717, 1.165) is 17.7 Å². The van der Waals surface area contributed by atoms with Crippen LogP contribution in [0.4, 0.5) is 0 Å². The van der Waals surface area contributed by atoms with Crippen molar-refractivity contribution in [2.24, 2.45) is 0 Å². The topological polar surface area (TPSA) is 34.1 Å². The van der Waals surface area contributed by atoms with Crippen molar-refractivity contribution in [3.8, 4) is 5.75 Å². The predicted octanol–water partition coefficient (Wildman–Crippen LogP) is 1.08. The van der Waals surface area contributed by atoms with Crippen LogP contribution in [0.25, 0.3) is 0 Å². The number of hydrogen-bond acceptors (Lipinski definition) is 3. The lowest BCUT2D eigenvalue weighted by atomic mass is 10.2. The second-order valence-electron chi connectivity index (χ2n) is 4.27. The molecule has 114 valence electrons. The molecule has 0 radical (unpaired) electrons. The molecule has 0 saturated carbocycles. The molecular weight excluding hydrogens is 331 g/mol. The minimum Gasteiger partial charge on any atom is -1.00 e. The number of hydrogen-bond donors (Lipinski definition) is 1. The van der Waals surface area contributed by atoms with Crippen LogP contribution in [0.15, 0.2) is 36.7 Å². The number of halogens is 3. The minimum absolute atomic E-state index is 0. The molecule has 0 aliphatic carbocycles. The maximum atomic E-state index is 6.16. The predicted molar refractivity (Wildman–Crippen MR) is 82.4 cm³/mol. The molecule has 0 aliphatic rings. The maximum Gasteiger partial charge on any atom is 0.142 e. The molecule has 3 nitrogen and oxygen atoms in total. The van der Waals surface area contributed by atoms with Gasteiger partial charge in [-0.05, 0) is 30.7 Å². The Morgan fingerprint density at radius 1 is 1.24 bits per heavy atom. The van der Waals surface area contributed by atoms with Gasteiger partial charge in [-0.25, -0.2) is 0 Å². The third kappa shape index (κ3) is 5.36. The zero-order chi connectivity index (χ0) is 14.4. The molecule has 21 heavy (non-hydrogen) atoms. The van der Waals surface area contributed by atoms with Gasteiger partial charge >= 0.3 is 0 Å². The van der Waals surface area contributed by atoms with E-state index >= 15 is 0 Å². The van der Waals surface area contributed by atoms with Gasteiger partial charge in [-0.3, -0.25) is 4.98 Å². The first kappa shape index (κ1) is 18.1. The third-order valence-corrected chi connectivity index (χ3v) is 3.24. The van der Waals surface area contributed by atoms with Crippen molar-refractivity contribution >= 4 is 23.2 Å². The molecule has 0 spiro atoms. The SMILES string of the molecule is CCOc1c(Cl)cc(Cl)cc1CNCc1cccnc1.[Cl-]. The monoisotopic (exact) mass is 345 g/mol. The van der Waals surface area contributed by atoms with Crippen molar-refractivity contribution < 1.29 is 17.1 Å². The molecule has 0 bridgehead atoms. The van der Waals surface area contributed by atoms with Crippen molar-refractivity contribution in [3.05, 3.63) is 57.8 Å². The van der Waals surface area contributed by atoms with E-state index in [4.69, 9.17) is 27.9 Å². The molecule has 0 atom stereocenters. The van der Waals surface area contributed by atoms with Crippen molar-refractivity contribution in [2.45, 2.75) is 20.0 Å². The van der Waals surface area contributed by atoms with Gasteiger partial charge in [0, 0.05) is 36.1 Å². The number of rotatable bonds is 6. The van der Waals surface area contributed by atoms with E-state index in [2.05, 4.69) is 10.3 Å². The highest BCUT2D eigenvalue weighted by Crippen LogP contribution is 2.32. The fourth-order valence-corrected chi connectivity index (χ4v) is 2.49. The minimum atomic E-state index is 0. The quantitative estimate of drug-likeness (QED) is 0.850. The molecular formula is C15H16Cl3N2O-. The highest BCUT2D eigenvalue weighted by Gasteiger charge is 2.10. The summed E-state index contributed by atoms with van der Waals surface area (Å²) in [6.07, 6.45) is 3.59. The molecule has 1 aromatic carbocycles. The van der Waals surface area contributed by atoms with Gasteiger partial charge in [-0.15, -0.1) is 0 Å². The Balaban J connectivity index is 0.00000220. The molecule has 0 aliphatic heterocycles. The van der Waals surface area contributed by atoms with Crippen molar-refractivity contribution in [2.75, 3.05) is 6.61 Å². The Hall–Kier alpha value is -1.00. The summed E-state index contributed by atoms with van der Waals surface area (Å²) in [7, 11) is 0. The normalized spacial score (nSPS) is 10.0. The molecule has 0 amide bonds. The Morgan fingerprint density at radius 2 is 2.05 bits per heavy atom. The van der Waals surface area contributed by atoms with E-state index in [1.165, 1.54) is 0 Å². The van der Waals surface area contributed by atoms with Gasteiger partial charge in [0.15, 0.2) is 0 Å². The molecule has 6 heteroatoms. The van der Waals surface area contributed by atoms with Gasteiger partial charge in [0.25, 0.3) is 0 Å². The largest absolute Gasteiger partial charge is 1.00 e. The van der Waals surface area contributed by atoms with E-state index in [0.29, 0.717) is 28.9 Å². The lowest BCUT2D eigenvalue weighted by molar-refractivity contribution is -0.00000448. The van der Waals surface area contributed by atoms with Crippen LogP contribution in [0.5, 0.6) is 5.75 Å². The molecule has 1 N–H and O–H groups in total. The molecule has 0 unspecified atom stereocenters. The average Bonchev–Trinajstić information content (AvgIpc) is 2.43. The van der Waals surface area contributed by atoms with Crippen LogP contribution in [0.2, 0.25) is 10.0 Å². The van der Waals surface area contributed by atoms with E-state index < -0.39 is 0 Å². The maximum absolute atomic E-state index is 6.16. The zero-order valence-corrected chi connectivity index (χ0v) is 13.8. The Morgan fingerprint density at radius 3 is 2.71 bits per heavy atom. The van der Waals surface area contributed by atoms with E-state index in [1.54, 1.807) is 12.3 Å². The summed E-state index contributed by atoms with van der Waals surface area (Å²) in [6.45, 7) is 3.85. The van der Waals surface area contributed by atoms with Gasteiger partial charge in [-0.2, -0.15) is 0 Å². The average molecular weight is 347 g/mol. The number of benzene rings is 1. The lowest BCUT2D eigenvalue weighted by Gasteiger charge is -2.13. The van der Waals surface area contributed by atoms with Crippen LogP contribution in [0, 0.1) is 0 Å². The Labute approximate surface area is 141 Å². The summed E-state index contributed by atoms with van der Waals surface area (Å²) < 4.78 is 5.58. The second kappa shape index (κ2) is 9.11. The van der Waals surface area contributed by atoms with Crippen molar-refractivity contribution in [3.63, 3.8) is 0 Å². The molecule has 2 aromatic rings. The molecule has 1 heterocycles. The summed E-state index contributed by atoms with van der Waals surface area (Å²) in [6, 6.07) is 7.50. The fraction of sp³-hybridized carbons (Fsp3) is 0.267. The van der Waals surface area contributed by atoms with Gasteiger partial charge in [0.05, 0.1) is 11.6 Å². The smallest absolute Gasteiger partial charge is 0.142 e. The van der Waals surface area contributed by atoms with Gasteiger partial charge in [0.1, 0.15) is 5.75 Å². The highest BCUT2D eigenvalue weighted by atomic mass is 35.5. The number of nitrogens with zero attached hydrogens (tertiary/aromatic N) is 1. The Bertz CT molecular complexity index is 564. The van der Waals surface area contributed by atoms with Gasteiger partial charge in [0.2, 0.25) is 0 Å². The number of nitrogens with one attached hydrogen (secondary N) is 1. The fourth-order valence-electron chi connectivity index (χ4n) is 1.90. The third-order valence-electron chi connectivity index (χ3n) is 2.74. The number of pyridine rings is 1. The van der Waals surface area contributed by atoms with Crippen LogP contribution in [-0.4, -0.2) is 11.6 Å². The standard InChI is InChI=1S/C15H16Cl2N2O.ClH/c1-2-20-15-12(6-13(16)7-14(15)17)10-19-9-11-4-3-5-18-8-11;/h3-8,19H,2,9-10H2,1H3;1H/p-1. The van der Waals surface area contributed by atoms with Crippen LogP contribution >= 0.6 is 23.2 Å². The number of ether oxygens (including phenoxy) is 1. The number of aromatic nitrogens is 1. The van der Waals surface area contributed by atoms with Gasteiger partial charge in [-0.1, -0.05) is 29.3 Å². The summed E-state index contributed by atoms with van der Waals surface area (Å²) in [5, 5.41) is 4.48. The first-order valence-corrected chi connectivity index (χ1v) is 7.16. The lowest BCUT2D eigenvalue weighted by Crippen LogP contribution is -3.00. The summed E-state index contributed by atoms with van der Waals surface area (Å²) >= 11 is 12.2. The molecule has 0 saturated heterocycles. The van der Waals surface area contributed by atoms with E-state index in [-0.39, 0.29) is 12.4 Å². The first-order valence-electron chi connectivity index (χ1n) is 6.41. The van der Waals surface area contributed by atoms with Crippen molar-refractivity contribution in [1.82, 2.24) is 10.3 Å².